The monoisotopic (exact) mass is 393 g/mol. The Balaban J connectivity index is 1.58. The van der Waals surface area contributed by atoms with Crippen molar-refractivity contribution in [1.29, 1.82) is 0 Å². The number of aryl methyl sites for hydroxylation is 2. The van der Waals surface area contributed by atoms with Crippen molar-refractivity contribution in [3.63, 3.8) is 0 Å². The molecule has 0 spiro atoms. The van der Waals surface area contributed by atoms with Crippen molar-refractivity contribution in [2.45, 2.75) is 25.3 Å². The number of hydrogen-bond acceptors (Lipinski definition) is 3. The van der Waals surface area contributed by atoms with E-state index in [1.54, 1.807) is 23.2 Å². The van der Waals surface area contributed by atoms with E-state index in [1.807, 2.05) is 35.0 Å². The van der Waals surface area contributed by atoms with Crippen LogP contribution in [-0.4, -0.2) is 24.1 Å². The quantitative estimate of drug-likeness (QED) is 0.531. The van der Waals surface area contributed by atoms with Gasteiger partial charge < -0.3 is 0 Å². The van der Waals surface area contributed by atoms with E-state index in [0.717, 1.165) is 46.4 Å². The number of fused-ring (bicyclic) bond motifs is 1. The van der Waals surface area contributed by atoms with Crippen molar-refractivity contribution in [2.75, 3.05) is 0 Å². The molecule has 0 aliphatic heterocycles. The van der Waals surface area contributed by atoms with Crippen LogP contribution in [-0.2, 0) is 20.6 Å². The van der Waals surface area contributed by atoms with Gasteiger partial charge in [0.1, 0.15) is 5.69 Å². The van der Waals surface area contributed by atoms with Crippen LogP contribution >= 0.6 is 11.6 Å². The lowest BCUT2D eigenvalue weighted by molar-refractivity contribution is 0.620. The summed E-state index contributed by atoms with van der Waals surface area (Å²) in [5.74, 6) is 0.478. The molecule has 6 nitrogen and oxygen atoms in total. The number of aromatic nitrogens is 5. The Morgan fingerprint density at radius 1 is 1.07 bits per heavy atom. The molecule has 0 amide bonds. The number of halogens is 1. The van der Waals surface area contributed by atoms with E-state index < -0.39 is 0 Å². The third-order valence-corrected chi connectivity index (χ3v) is 5.86. The highest BCUT2D eigenvalue weighted by molar-refractivity contribution is 6.33. The average molecular weight is 394 g/mol. The first-order valence-electron chi connectivity index (χ1n) is 9.37. The summed E-state index contributed by atoms with van der Waals surface area (Å²) in [4.78, 5) is 12.2. The standard InChI is InChI=1S/C21H20ClN5O/c1-25-17-10-7-13(11-18(17)26(2)21(25)28)12-27-20(14-8-9-14)19(23-24-27)15-5-3-4-6-16(15)22/h3-7,10-11,14H,8-9,12H2,1-2H3. The van der Waals surface area contributed by atoms with E-state index in [9.17, 15) is 4.79 Å². The topological polar surface area (TPSA) is 57.6 Å². The second kappa shape index (κ2) is 6.34. The van der Waals surface area contributed by atoms with Crippen LogP contribution in [0, 0.1) is 0 Å². The summed E-state index contributed by atoms with van der Waals surface area (Å²) in [5.41, 5.74) is 5.87. The molecule has 0 radical (unpaired) electrons. The molecule has 1 aliphatic carbocycles. The Kier molecular flexibility index (Phi) is 3.91. The minimum atomic E-state index is -0.0208. The first-order chi connectivity index (χ1) is 13.5. The minimum absolute atomic E-state index is 0.0208. The number of rotatable bonds is 4. The molecule has 1 aliphatic rings. The fraction of sp³-hybridized carbons (Fsp3) is 0.286. The summed E-state index contributed by atoms with van der Waals surface area (Å²) in [6.45, 7) is 0.613. The van der Waals surface area contributed by atoms with Gasteiger partial charge in [0, 0.05) is 25.6 Å². The van der Waals surface area contributed by atoms with Crippen molar-refractivity contribution in [1.82, 2.24) is 24.1 Å². The van der Waals surface area contributed by atoms with Crippen molar-refractivity contribution in [3.8, 4) is 11.3 Å². The number of benzene rings is 2. The largest absolute Gasteiger partial charge is 0.328 e. The molecule has 0 atom stereocenters. The van der Waals surface area contributed by atoms with Crippen LogP contribution in [0.1, 0.15) is 30.0 Å². The summed E-state index contributed by atoms with van der Waals surface area (Å²) in [5, 5.41) is 9.61. The van der Waals surface area contributed by atoms with Gasteiger partial charge in [0.25, 0.3) is 0 Å². The third-order valence-electron chi connectivity index (χ3n) is 5.54. The highest BCUT2D eigenvalue weighted by Gasteiger charge is 2.32. The molecule has 0 unspecified atom stereocenters. The molecule has 2 aromatic carbocycles. The maximum atomic E-state index is 12.2. The van der Waals surface area contributed by atoms with E-state index in [1.165, 1.54) is 0 Å². The zero-order valence-corrected chi connectivity index (χ0v) is 16.5. The summed E-state index contributed by atoms with van der Waals surface area (Å²) < 4.78 is 5.33. The second-order valence-electron chi connectivity index (χ2n) is 7.46. The Morgan fingerprint density at radius 2 is 1.82 bits per heavy atom. The molecule has 1 saturated carbocycles. The molecule has 142 valence electrons. The second-order valence-corrected chi connectivity index (χ2v) is 7.87. The van der Waals surface area contributed by atoms with E-state index in [-0.39, 0.29) is 5.69 Å². The summed E-state index contributed by atoms with van der Waals surface area (Å²) in [6.07, 6.45) is 2.30. The molecule has 5 rings (SSSR count). The lowest BCUT2D eigenvalue weighted by atomic mass is 10.1. The maximum absolute atomic E-state index is 12.2. The highest BCUT2D eigenvalue weighted by Crippen LogP contribution is 2.44. The maximum Gasteiger partial charge on any atom is 0.328 e. The normalized spacial score (nSPS) is 14.1. The van der Waals surface area contributed by atoms with Gasteiger partial charge in [-0.15, -0.1) is 5.10 Å². The van der Waals surface area contributed by atoms with Gasteiger partial charge in [-0.1, -0.05) is 41.1 Å². The zero-order valence-electron chi connectivity index (χ0n) is 15.8. The van der Waals surface area contributed by atoms with Crippen molar-refractivity contribution in [2.24, 2.45) is 14.1 Å². The molecule has 4 aromatic rings. The first kappa shape index (κ1) is 17.3. The van der Waals surface area contributed by atoms with Gasteiger partial charge in [-0.05, 0) is 36.6 Å². The molecule has 2 heterocycles. The Bertz CT molecular complexity index is 1260. The van der Waals surface area contributed by atoms with Gasteiger partial charge in [0.15, 0.2) is 0 Å². The third kappa shape index (κ3) is 2.67. The molecule has 2 aromatic heterocycles. The molecule has 28 heavy (non-hydrogen) atoms. The van der Waals surface area contributed by atoms with Crippen LogP contribution in [0.25, 0.3) is 22.3 Å². The number of imidazole rings is 1. The number of nitrogens with zero attached hydrogens (tertiary/aromatic N) is 5. The van der Waals surface area contributed by atoms with Crippen molar-refractivity contribution in [3.05, 3.63) is 69.2 Å². The number of hydrogen-bond donors (Lipinski definition) is 0. The SMILES string of the molecule is Cn1c(=O)n(C)c2cc(Cn3nnc(-c4ccccc4Cl)c3C3CC3)ccc21. The van der Waals surface area contributed by atoms with Gasteiger partial charge in [-0.2, -0.15) is 0 Å². The van der Waals surface area contributed by atoms with Gasteiger partial charge in [0.05, 0.1) is 28.3 Å². The molecule has 0 N–H and O–H groups in total. The fourth-order valence-corrected chi connectivity index (χ4v) is 4.09. The van der Waals surface area contributed by atoms with E-state index in [2.05, 4.69) is 22.4 Å². The Morgan fingerprint density at radius 3 is 2.57 bits per heavy atom. The van der Waals surface area contributed by atoms with E-state index in [4.69, 9.17) is 11.6 Å². The lowest BCUT2D eigenvalue weighted by Crippen LogP contribution is -2.19. The van der Waals surface area contributed by atoms with Crippen LogP contribution in [0.3, 0.4) is 0 Å². The summed E-state index contributed by atoms with van der Waals surface area (Å²) in [6, 6.07) is 13.9. The highest BCUT2D eigenvalue weighted by atomic mass is 35.5. The van der Waals surface area contributed by atoms with Crippen LogP contribution in [0.4, 0.5) is 0 Å². The molecular formula is C21H20ClN5O. The first-order valence-corrected chi connectivity index (χ1v) is 9.75. The van der Waals surface area contributed by atoms with Crippen molar-refractivity contribution >= 4 is 22.6 Å². The molecule has 0 saturated heterocycles. The summed E-state index contributed by atoms with van der Waals surface area (Å²) in [7, 11) is 3.60. The zero-order chi connectivity index (χ0) is 19.4. The van der Waals surface area contributed by atoms with Gasteiger partial charge in [-0.25, -0.2) is 9.48 Å². The molecule has 0 bridgehead atoms. The predicted molar refractivity (Wildman–Crippen MR) is 110 cm³/mol. The van der Waals surface area contributed by atoms with E-state index >= 15 is 0 Å². The molecule has 1 fully saturated rings. The van der Waals surface area contributed by atoms with E-state index in [0.29, 0.717) is 17.5 Å². The molecular weight excluding hydrogens is 374 g/mol. The van der Waals surface area contributed by atoms with Crippen LogP contribution in [0.2, 0.25) is 5.02 Å². The smallest absolute Gasteiger partial charge is 0.295 e. The average Bonchev–Trinajstić information content (AvgIpc) is 3.42. The molecule has 7 heteroatoms. The van der Waals surface area contributed by atoms with Crippen LogP contribution in [0.15, 0.2) is 47.3 Å². The van der Waals surface area contributed by atoms with Gasteiger partial charge in [0.2, 0.25) is 0 Å². The van der Waals surface area contributed by atoms with Gasteiger partial charge >= 0.3 is 5.69 Å². The van der Waals surface area contributed by atoms with Gasteiger partial charge in [-0.3, -0.25) is 9.13 Å². The predicted octanol–water partition coefficient (Wildman–Crippen LogP) is 3.71. The fourth-order valence-electron chi connectivity index (χ4n) is 3.87. The van der Waals surface area contributed by atoms with Crippen LogP contribution in [0.5, 0.6) is 0 Å². The summed E-state index contributed by atoms with van der Waals surface area (Å²) >= 11 is 6.41. The Labute approximate surface area is 167 Å². The van der Waals surface area contributed by atoms with Crippen LogP contribution < -0.4 is 5.69 Å². The Hall–Kier alpha value is -2.86. The lowest BCUT2D eigenvalue weighted by Gasteiger charge is -2.09. The van der Waals surface area contributed by atoms with Crippen molar-refractivity contribution < 1.29 is 0 Å². The minimum Gasteiger partial charge on any atom is -0.295 e.